The molecule has 2 fully saturated rings. The van der Waals surface area contributed by atoms with Gasteiger partial charge in [-0.25, -0.2) is 0 Å². The molecule has 5 nitrogen and oxygen atoms in total. The van der Waals surface area contributed by atoms with Crippen LogP contribution in [-0.4, -0.2) is 59.2 Å². The lowest BCUT2D eigenvalue weighted by Gasteiger charge is -2.32. The average molecular weight is 382 g/mol. The van der Waals surface area contributed by atoms with Crippen molar-refractivity contribution in [2.75, 3.05) is 26.3 Å². The van der Waals surface area contributed by atoms with Gasteiger partial charge in [-0.05, 0) is 43.7 Å². The van der Waals surface area contributed by atoms with Gasteiger partial charge < -0.3 is 14.7 Å². The van der Waals surface area contributed by atoms with Gasteiger partial charge in [0.25, 0.3) is 0 Å². The standard InChI is InChI=1S/C23H31N3O2/c1-2-21-22(16-26(23(21)24)19-7-9-20(27)10-8-19)18-5-3-17(4-6-18)15-25-11-13-28-14-12-25/h2-6,16,19-20,24,27H,7-15H2,1H3/b21-2-,24-23?. The van der Waals surface area contributed by atoms with Gasteiger partial charge in [-0.15, -0.1) is 0 Å². The molecule has 0 amide bonds. The number of amidine groups is 1. The molecule has 0 spiro atoms. The van der Waals surface area contributed by atoms with Crippen molar-refractivity contribution in [3.8, 4) is 0 Å². The fourth-order valence-corrected chi connectivity index (χ4v) is 4.49. The molecule has 28 heavy (non-hydrogen) atoms. The quantitative estimate of drug-likeness (QED) is 0.839. The number of hydrogen-bond acceptors (Lipinski definition) is 4. The third-order valence-corrected chi connectivity index (χ3v) is 6.19. The van der Waals surface area contributed by atoms with E-state index in [9.17, 15) is 5.11 Å². The summed E-state index contributed by atoms with van der Waals surface area (Å²) in [6.07, 6.45) is 7.59. The molecule has 150 valence electrons. The number of nitrogens with zero attached hydrogens (tertiary/aromatic N) is 2. The summed E-state index contributed by atoms with van der Waals surface area (Å²) in [6, 6.07) is 9.12. The number of allylic oxidation sites excluding steroid dienone is 1. The third-order valence-electron chi connectivity index (χ3n) is 6.19. The van der Waals surface area contributed by atoms with Crippen molar-refractivity contribution in [3.05, 3.63) is 53.2 Å². The molecule has 1 saturated heterocycles. The van der Waals surface area contributed by atoms with Gasteiger partial charge in [0.05, 0.1) is 19.3 Å². The van der Waals surface area contributed by atoms with Crippen LogP contribution in [0.4, 0.5) is 0 Å². The summed E-state index contributed by atoms with van der Waals surface area (Å²) in [4.78, 5) is 4.55. The minimum Gasteiger partial charge on any atom is -0.393 e. The Balaban J connectivity index is 1.49. The Kier molecular flexibility index (Phi) is 5.95. The zero-order valence-electron chi connectivity index (χ0n) is 16.7. The Morgan fingerprint density at radius 2 is 1.79 bits per heavy atom. The number of nitrogens with one attached hydrogen (secondary N) is 1. The highest BCUT2D eigenvalue weighted by molar-refractivity contribution is 6.15. The van der Waals surface area contributed by atoms with Crippen LogP contribution in [0.3, 0.4) is 0 Å². The average Bonchev–Trinajstić information content (AvgIpc) is 3.06. The Hall–Kier alpha value is -1.95. The van der Waals surface area contributed by atoms with E-state index >= 15 is 0 Å². The normalized spacial score (nSPS) is 28.1. The fraction of sp³-hybridized carbons (Fsp3) is 0.522. The van der Waals surface area contributed by atoms with Crippen molar-refractivity contribution in [2.24, 2.45) is 0 Å². The third kappa shape index (κ3) is 4.07. The van der Waals surface area contributed by atoms with Crippen molar-refractivity contribution < 1.29 is 9.84 Å². The highest BCUT2D eigenvalue weighted by atomic mass is 16.5. The minimum atomic E-state index is -0.170. The number of benzene rings is 1. The zero-order chi connectivity index (χ0) is 19.5. The monoisotopic (exact) mass is 381 g/mol. The van der Waals surface area contributed by atoms with Crippen molar-refractivity contribution in [2.45, 2.75) is 51.3 Å². The van der Waals surface area contributed by atoms with Gasteiger partial charge in [0.15, 0.2) is 0 Å². The van der Waals surface area contributed by atoms with Gasteiger partial charge in [-0.3, -0.25) is 10.3 Å². The second-order valence-electron chi connectivity index (χ2n) is 8.05. The van der Waals surface area contributed by atoms with Gasteiger partial charge >= 0.3 is 0 Å². The summed E-state index contributed by atoms with van der Waals surface area (Å²) in [5.41, 5.74) is 4.63. The predicted octanol–water partition coefficient (Wildman–Crippen LogP) is 3.40. The first kappa shape index (κ1) is 19.4. The van der Waals surface area contributed by atoms with Crippen LogP contribution >= 0.6 is 0 Å². The van der Waals surface area contributed by atoms with E-state index < -0.39 is 0 Å². The van der Waals surface area contributed by atoms with Gasteiger partial charge in [0.2, 0.25) is 0 Å². The van der Waals surface area contributed by atoms with E-state index in [2.05, 4.69) is 40.3 Å². The van der Waals surface area contributed by atoms with Gasteiger partial charge in [-0.2, -0.15) is 0 Å². The summed E-state index contributed by atoms with van der Waals surface area (Å²) in [7, 11) is 0. The van der Waals surface area contributed by atoms with Crippen molar-refractivity contribution in [1.82, 2.24) is 9.80 Å². The van der Waals surface area contributed by atoms with Crippen LogP contribution in [0.2, 0.25) is 0 Å². The molecule has 4 rings (SSSR count). The summed E-state index contributed by atoms with van der Waals surface area (Å²) >= 11 is 0. The molecule has 0 aromatic heterocycles. The first-order chi connectivity index (χ1) is 13.7. The van der Waals surface area contributed by atoms with Gasteiger partial charge in [0.1, 0.15) is 5.84 Å². The molecule has 1 saturated carbocycles. The number of ether oxygens (including phenoxy) is 1. The molecule has 1 aliphatic carbocycles. The maximum Gasteiger partial charge on any atom is 0.132 e. The van der Waals surface area contributed by atoms with E-state index in [0.29, 0.717) is 11.9 Å². The van der Waals surface area contributed by atoms with E-state index in [1.165, 1.54) is 11.1 Å². The van der Waals surface area contributed by atoms with E-state index in [1.807, 2.05) is 13.0 Å². The highest BCUT2D eigenvalue weighted by Gasteiger charge is 2.32. The molecule has 0 unspecified atom stereocenters. The summed E-state index contributed by atoms with van der Waals surface area (Å²) in [6.45, 7) is 6.62. The smallest absolute Gasteiger partial charge is 0.132 e. The molecule has 2 N–H and O–H groups in total. The topological polar surface area (TPSA) is 59.8 Å². The first-order valence-electron chi connectivity index (χ1n) is 10.5. The summed E-state index contributed by atoms with van der Waals surface area (Å²) in [5, 5.41) is 18.5. The predicted molar refractivity (Wildman–Crippen MR) is 112 cm³/mol. The molecule has 1 aromatic carbocycles. The molecular formula is C23H31N3O2. The zero-order valence-corrected chi connectivity index (χ0v) is 16.7. The molecule has 5 heteroatoms. The number of aliphatic hydroxyl groups is 1. The maximum absolute atomic E-state index is 9.80. The second-order valence-corrected chi connectivity index (χ2v) is 8.05. The molecule has 2 heterocycles. The molecule has 1 aromatic rings. The Morgan fingerprint density at radius 3 is 2.43 bits per heavy atom. The number of hydrogen-bond donors (Lipinski definition) is 2. The van der Waals surface area contributed by atoms with Crippen molar-refractivity contribution in [1.29, 1.82) is 5.41 Å². The molecule has 0 atom stereocenters. The lowest BCUT2D eigenvalue weighted by molar-refractivity contribution is 0.0342. The minimum absolute atomic E-state index is 0.170. The highest BCUT2D eigenvalue weighted by Crippen LogP contribution is 2.36. The van der Waals surface area contributed by atoms with E-state index in [-0.39, 0.29) is 6.10 Å². The molecule has 0 radical (unpaired) electrons. The number of morpholine rings is 1. The van der Waals surface area contributed by atoms with Crippen LogP contribution in [0, 0.1) is 5.41 Å². The molecular weight excluding hydrogens is 350 g/mol. The number of aliphatic hydroxyl groups excluding tert-OH is 1. The van der Waals surface area contributed by atoms with Crippen LogP contribution in [0.1, 0.15) is 43.7 Å². The van der Waals surface area contributed by atoms with E-state index in [1.54, 1.807) is 0 Å². The van der Waals surface area contributed by atoms with Crippen molar-refractivity contribution >= 4 is 11.4 Å². The SMILES string of the molecule is C/C=C1\C(=N)N(C2CCC(O)CC2)C=C1c1ccc(CN2CCOCC2)cc1. The summed E-state index contributed by atoms with van der Waals surface area (Å²) < 4.78 is 5.43. The second kappa shape index (κ2) is 8.60. The maximum atomic E-state index is 9.80. The Bertz CT molecular complexity index is 755. The van der Waals surface area contributed by atoms with Crippen LogP contribution in [-0.2, 0) is 11.3 Å². The van der Waals surface area contributed by atoms with Crippen LogP contribution in [0.25, 0.3) is 5.57 Å². The fourth-order valence-electron chi connectivity index (χ4n) is 4.49. The van der Waals surface area contributed by atoms with Crippen LogP contribution < -0.4 is 0 Å². The molecule has 2 aliphatic heterocycles. The Labute approximate surface area is 167 Å². The van der Waals surface area contributed by atoms with E-state index in [4.69, 9.17) is 10.1 Å². The Morgan fingerprint density at radius 1 is 1.11 bits per heavy atom. The lowest BCUT2D eigenvalue weighted by atomic mass is 9.92. The first-order valence-corrected chi connectivity index (χ1v) is 10.5. The molecule has 0 bridgehead atoms. The molecule has 3 aliphatic rings. The van der Waals surface area contributed by atoms with Gasteiger partial charge in [-0.1, -0.05) is 30.3 Å². The largest absolute Gasteiger partial charge is 0.393 e. The van der Waals surface area contributed by atoms with Gasteiger partial charge in [0, 0.05) is 43.0 Å². The van der Waals surface area contributed by atoms with Crippen LogP contribution in [0.15, 0.2) is 42.1 Å². The van der Waals surface area contributed by atoms with E-state index in [0.717, 1.165) is 69.7 Å². The summed E-state index contributed by atoms with van der Waals surface area (Å²) in [5.74, 6) is 0.594. The van der Waals surface area contributed by atoms with Crippen molar-refractivity contribution in [3.63, 3.8) is 0 Å². The van der Waals surface area contributed by atoms with Crippen LogP contribution in [0.5, 0.6) is 0 Å². The number of rotatable bonds is 4. The lowest BCUT2D eigenvalue weighted by Crippen LogP contribution is -2.37.